The fourth-order valence-electron chi connectivity index (χ4n) is 7.93. The van der Waals surface area contributed by atoms with Crippen molar-refractivity contribution in [1.29, 1.82) is 0 Å². The summed E-state index contributed by atoms with van der Waals surface area (Å²) in [6.45, 7) is 32.2. The molecule has 5 heteroatoms. The van der Waals surface area contributed by atoms with Gasteiger partial charge < -0.3 is 19.3 Å². The Morgan fingerprint density at radius 2 is 1.40 bits per heavy atom. The van der Waals surface area contributed by atoms with Gasteiger partial charge in [-0.15, -0.1) is 0 Å². The zero-order valence-corrected chi connectivity index (χ0v) is 29.6. The molecule has 1 aromatic rings. The number of aromatic nitrogens is 2. The molecule has 3 saturated heterocycles. The van der Waals surface area contributed by atoms with Gasteiger partial charge in [-0.2, -0.15) is 0 Å². The molecule has 5 nitrogen and oxygen atoms in total. The van der Waals surface area contributed by atoms with Gasteiger partial charge in [-0.25, -0.2) is 4.98 Å². The van der Waals surface area contributed by atoms with E-state index < -0.39 is 0 Å². The van der Waals surface area contributed by atoms with Crippen molar-refractivity contribution in [3.05, 3.63) is 17.7 Å². The lowest BCUT2D eigenvalue weighted by molar-refractivity contribution is 0.0451. The topological polar surface area (TPSA) is 27.5 Å². The quantitative estimate of drug-likeness (QED) is 0.309. The summed E-state index contributed by atoms with van der Waals surface area (Å²) in [5.41, 5.74) is 2.06. The summed E-state index contributed by atoms with van der Waals surface area (Å²) in [4.78, 5) is 12.7. The Labute approximate surface area is 262 Å². The van der Waals surface area contributed by atoms with Gasteiger partial charge in [0.2, 0.25) is 0 Å². The van der Waals surface area contributed by atoms with E-state index in [4.69, 9.17) is 4.98 Å². The second kappa shape index (κ2) is 17.5. The van der Waals surface area contributed by atoms with E-state index in [1.807, 2.05) is 13.8 Å². The highest BCUT2D eigenvalue weighted by atomic mass is 15.2. The van der Waals surface area contributed by atoms with E-state index in [1.165, 1.54) is 135 Å². The standard InChI is InChI=1S/C18H36N2.C17H29N3.C2H6/c1-15(2)17-6-10-19(11-7-17)14-18(5)8-12-20(13-9-18)16(3)4;1-3-14-7-10-20-16(11-14)13-18-17(20)12-15-5-8-19(4-2)9-6-15;1-2/h15-17H,6-14H2,1-5H3;13-15H,3-12H2,1-2H3;1-2H3. The number of likely N-dealkylation sites (tertiary alicyclic amines) is 3. The lowest BCUT2D eigenvalue weighted by atomic mass is 9.78. The molecule has 0 N–H and O–H groups in total. The SMILES string of the molecule is CC.CC(C)C1CCN(CC2(C)CCN(C(C)C)CC2)CC1.CCC1CCn2c(cnc2CC2CCN(CC)CC2)C1. The largest absolute Gasteiger partial charge is 0.332 e. The maximum atomic E-state index is 4.75. The first kappa shape index (κ1) is 35.6. The highest BCUT2D eigenvalue weighted by Gasteiger charge is 2.34. The third kappa shape index (κ3) is 10.3. The zero-order valence-electron chi connectivity index (χ0n) is 29.6. The van der Waals surface area contributed by atoms with Crippen molar-refractivity contribution in [2.45, 2.75) is 139 Å². The van der Waals surface area contributed by atoms with Gasteiger partial charge in [-0.3, -0.25) is 0 Å². The molecule has 1 aromatic heterocycles. The molecule has 1 unspecified atom stereocenters. The maximum Gasteiger partial charge on any atom is 0.109 e. The minimum Gasteiger partial charge on any atom is -0.332 e. The summed E-state index contributed by atoms with van der Waals surface area (Å²) in [6.07, 6.45) is 15.6. The molecule has 0 spiro atoms. The van der Waals surface area contributed by atoms with Crippen molar-refractivity contribution in [2.75, 3.05) is 52.4 Å². The number of fused-ring (bicyclic) bond motifs is 1. The molecule has 0 radical (unpaired) electrons. The van der Waals surface area contributed by atoms with Crippen LogP contribution in [-0.4, -0.2) is 82.7 Å². The molecular weight excluding hydrogens is 514 g/mol. The summed E-state index contributed by atoms with van der Waals surface area (Å²) in [5, 5.41) is 0. The van der Waals surface area contributed by atoms with E-state index in [0.29, 0.717) is 5.41 Å². The molecule has 1 atom stereocenters. The molecule has 0 bridgehead atoms. The normalized spacial score (nSPS) is 24.6. The van der Waals surface area contributed by atoms with E-state index in [0.717, 1.165) is 29.7 Å². The lowest BCUT2D eigenvalue weighted by Gasteiger charge is -2.45. The van der Waals surface area contributed by atoms with E-state index >= 15 is 0 Å². The van der Waals surface area contributed by atoms with Crippen molar-refractivity contribution in [3.8, 4) is 0 Å². The van der Waals surface area contributed by atoms with Crippen LogP contribution in [0.1, 0.15) is 125 Å². The molecule has 5 heterocycles. The Morgan fingerprint density at radius 1 is 0.810 bits per heavy atom. The number of hydrogen-bond donors (Lipinski definition) is 0. The van der Waals surface area contributed by atoms with Crippen molar-refractivity contribution < 1.29 is 0 Å². The molecule has 4 aliphatic heterocycles. The number of rotatable bonds is 8. The first-order valence-electron chi connectivity index (χ1n) is 18.4. The molecule has 0 amide bonds. The fraction of sp³-hybridized carbons (Fsp3) is 0.919. The van der Waals surface area contributed by atoms with Gasteiger partial charge in [0, 0.05) is 37.4 Å². The van der Waals surface area contributed by atoms with Crippen molar-refractivity contribution in [1.82, 2.24) is 24.3 Å². The molecule has 0 aromatic carbocycles. The molecule has 0 saturated carbocycles. The number of nitrogens with zero attached hydrogens (tertiary/aromatic N) is 5. The second-order valence-corrected chi connectivity index (χ2v) is 15.0. The average Bonchev–Trinajstić information content (AvgIpc) is 3.40. The van der Waals surface area contributed by atoms with Crippen LogP contribution in [0, 0.1) is 29.1 Å². The van der Waals surface area contributed by atoms with Gasteiger partial charge >= 0.3 is 0 Å². The molecular formula is C37H71N5. The summed E-state index contributed by atoms with van der Waals surface area (Å²) >= 11 is 0. The lowest BCUT2D eigenvalue weighted by Crippen LogP contribution is -2.48. The van der Waals surface area contributed by atoms with Gasteiger partial charge in [-0.1, -0.05) is 54.9 Å². The van der Waals surface area contributed by atoms with Crippen LogP contribution in [0.15, 0.2) is 6.20 Å². The van der Waals surface area contributed by atoms with Crippen molar-refractivity contribution in [2.24, 2.45) is 29.1 Å². The zero-order chi connectivity index (χ0) is 30.7. The number of piperidine rings is 3. The van der Waals surface area contributed by atoms with Crippen molar-refractivity contribution in [3.63, 3.8) is 0 Å². The maximum absolute atomic E-state index is 4.75. The van der Waals surface area contributed by atoms with Crippen LogP contribution in [0.4, 0.5) is 0 Å². The Kier molecular flexibility index (Phi) is 14.9. The predicted molar refractivity (Wildman–Crippen MR) is 182 cm³/mol. The Bertz CT molecular complexity index is 852. The third-order valence-electron chi connectivity index (χ3n) is 11.4. The minimum atomic E-state index is 0.566. The van der Waals surface area contributed by atoms with Gasteiger partial charge in [-0.05, 0) is 140 Å². The van der Waals surface area contributed by atoms with Crippen LogP contribution in [0.5, 0.6) is 0 Å². The summed E-state index contributed by atoms with van der Waals surface area (Å²) in [5.74, 6) is 4.96. The number of imidazole rings is 1. The first-order valence-corrected chi connectivity index (χ1v) is 18.4. The molecule has 42 heavy (non-hydrogen) atoms. The molecule has 4 aliphatic rings. The van der Waals surface area contributed by atoms with E-state index in [-0.39, 0.29) is 0 Å². The summed E-state index contributed by atoms with van der Waals surface area (Å²) < 4.78 is 2.53. The third-order valence-corrected chi connectivity index (χ3v) is 11.4. The van der Waals surface area contributed by atoms with Crippen molar-refractivity contribution >= 4 is 0 Å². The van der Waals surface area contributed by atoms with Crippen LogP contribution in [0.25, 0.3) is 0 Å². The second-order valence-electron chi connectivity index (χ2n) is 15.0. The van der Waals surface area contributed by atoms with Crippen LogP contribution in [0.2, 0.25) is 0 Å². The molecule has 3 fully saturated rings. The highest BCUT2D eigenvalue weighted by molar-refractivity contribution is 5.10. The molecule has 244 valence electrons. The van der Waals surface area contributed by atoms with Crippen LogP contribution in [-0.2, 0) is 19.4 Å². The van der Waals surface area contributed by atoms with Gasteiger partial charge in [0.25, 0.3) is 0 Å². The molecule has 0 aliphatic carbocycles. The van der Waals surface area contributed by atoms with Gasteiger partial charge in [0.05, 0.1) is 0 Å². The van der Waals surface area contributed by atoms with Crippen LogP contribution < -0.4 is 0 Å². The van der Waals surface area contributed by atoms with Gasteiger partial charge in [0.1, 0.15) is 5.82 Å². The predicted octanol–water partition coefficient (Wildman–Crippen LogP) is 8.02. The van der Waals surface area contributed by atoms with Gasteiger partial charge in [0.15, 0.2) is 0 Å². The average molecular weight is 586 g/mol. The number of hydrogen-bond acceptors (Lipinski definition) is 4. The van der Waals surface area contributed by atoms with Crippen LogP contribution >= 0.6 is 0 Å². The Morgan fingerprint density at radius 3 is 1.95 bits per heavy atom. The van der Waals surface area contributed by atoms with Crippen LogP contribution in [0.3, 0.4) is 0 Å². The summed E-state index contributed by atoms with van der Waals surface area (Å²) in [6, 6.07) is 0.723. The first-order chi connectivity index (χ1) is 20.2. The Hall–Kier alpha value is -0.910. The Balaban J connectivity index is 0.000000218. The smallest absolute Gasteiger partial charge is 0.109 e. The minimum absolute atomic E-state index is 0.566. The highest BCUT2D eigenvalue weighted by Crippen LogP contribution is 2.34. The van der Waals surface area contributed by atoms with E-state index in [9.17, 15) is 0 Å². The van der Waals surface area contributed by atoms with E-state index in [2.05, 4.69) is 73.9 Å². The fourth-order valence-corrected chi connectivity index (χ4v) is 7.93. The van der Waals surface area contributed by atoms with E-state index in [1.54, 1.807) is 0 Å². The monoisotopic (exact) mass is 586 g/mol. The molecule has 5 rings (SSSR count). The summed E-state index contributed by atoms with van der Waals surface area (Å²) in [7, 11) is 0.